The Morgan fingerprint density at radius 3 is 2.11 bits per heavy atom. The van der Waals surface area contributed by atoms with Crippen LogP contribution in [0.1, 0.15) is 40.9 Å². The first kappa shape index (κ1) is 18.6. The van der Waals surface area contributed by atoms with E-state index < -0.39 is 0 Å². The van der Waals surface area contributed by atoms with Crippen LogP contribution in [0.3, 0.4) is 0 Å². The molecule has 0 saturated heterocycles. The molecule has 1 amide bonds. The van der Waals surface area contributed by atoms with Crippen molar-refractivity contribution in [1.29, 1.82) is 0 Å². The zero-order chi connectivity index (χ0) is 19.1. The normalized spacial score (nSPS) is 10.7. The zero-order valence-electron chi connectivity index (χ0n) is 15.3. The van der Waals surface area contributed by atoms with Gasteiger partial charge in [-0.3, -0.25) is 9.59 Å². The number of carbonyl (C=O) groups is 1. The number of carbonyl (C=O) groups excluding carboxylic acids is 1. The van der Waals surface area contributed by atoms with Crippen LogP contribution in [-0.4, -0.2) is 22.2 Å². The molecular weight excluding hydrogens is 338 g/mol. The van der Waals surface area contributed by atoms with E-state index >= 15 is 0 Å². The van der Waals surface area contributed by atoms with Crippen LogP contribution < -0.4 is 10.9 Å². The van der Waals surface area contributed by atoms with E-state index in [1.54, 1.807) is 0 Å². The number of benzene rings is 2. The molecule has 0 atom stereocenters. The first-order valence-electron chi connectivity index (χ1n) is 9.15. The molecule has 5 heteroatoms. The minimum atomic E-state index is -0.281. The van der Waals surface area contributed by atoms with Gasteiger partial charge in [-0.05, 0) is 23.6 Å². The molecule has 0 saturated carbocycles. The molecule has 3 rings (SSSR count). The second kappa shape index (κ2) is 8.94. The van der Waals surface area contributed by atoms with E-state index in [1.165, 1.54) is 16.8 Å². The van der Waals surface area contributed by atoms with Crippen molar-refractivity contribution in [2.24, 2.45) is 0 Å². The second-order valence-corrected chi connectivity index (χ2v) is 6.36. The number of nitrogens with zero attached hydrogens (tertiary/aromatic N) is 2. The van der Waals surface area contributed by atoms with Crippen molar-refractivity contribution in [2.75, 3.05) is 6.54 Å². The van der Waals surface area contributed by atoms with Gasteiger partial charge in [0, 0.05) is 25.1 Å². The highest BCUT2D eigenvalue weighted by molar-refractivity contribution is 5.92. The van der Waals surface area contributed by atoms with Crippen LogP contribution >= 0.6 is 0 Å². The van der Waals surface area contributed by atoms with Crippen molar-refractivity contribution in [1.82, 2.24) is 15.1 Å². The number of nitrogens with one attached hydrogen (secondary N) is 1. The van der Waals surface area contributed by atoms with E-state index in [9.17, 15) is 9.59 Å². The minimum Gasteiger partial charge on any atom is -0.350 e. The maximum atomic E-state index is 12.6. The Morgan fingerprint density at radius 2 is 1.56 bits per heavy atom. The number of amides is 1. The van der Waals surface area contributed by atoms with Gasteiger partial charge in [-0.2, -0.15) is 5.10 Å². The van der Waals surface area contributed by atoms with Crippen molar-refractivity contribution in [3.63, 3.8) is 0 Å². The molecule has 0 fully saturated rings. The van der Waals surface area contributed by atoms with E-state index in [0.717, 1.165) is 17.5 Å². The monoisotopic (exact) mass is 361 g/mol. The van der Waals surface area contributed by atoms with Gasteiger partial charge in [0.25, 0.3) is 11.5 Å². The molecule has 1 heterocycles. The summed E-state index contributed by atoms with van der Waals surface area (Å²) in [6, 6.07) is 23.0. The third kappa shape index (κ3) is 4.70. The first-order chi connectivity index (χ1) is 13.2. The molecule has 0 radical (unpaired) electrons. The van der Waals surface area contributed by atoms with Crippen LogP contribution in [0.4, 0.5) is 0 Å². The number of hydrogen-bond donors (Lipinski definition) is 1. The van der Waals surface area contributed by atoms with Gasteiger partial charge >= 0.3 is 0 Å². The molecule has 0 aliphatic carbocycles. The molecule has 5 nitrogen and oxygen atoms in total. The van der Waals surface area contributed by atoms with Gasteiger partial charge in [0.15, 0.2) is 0 Å². The maximum absolute atomic E-state index is 12.6. The average Bonchev–Trinajstić information content (AvgIpc) is 2.71. The third-order valence-corrected chi connectivity index (χ3v) is 4.41. The summed E-state index contributed by atoms with van der Waals surface area (Å²) < 4.78 is 1.33. The average molecular weight is 361 g/mol. The molecule has 0 aliphatic heterocycles. The molecule has 0 bridgehead atoms. The number of aromatic nitrogens is 2. The van der Waals surface area contributed by atoms with Crippen molar-refractivity contribution in [3.8, 4) is 0 Å². The lowest BCUT2D eigenvalue weighted by Gasteiger charge is -2.19. The fourth-order valence-corrected chi connectivity index (χ4v) is 3.03. The predicted molar refractivity (Wildman–Crippen MR) is 106 cm³/mol. The second-order valence-electron chi connectivity index (χ2n) is 6.36. The molecule has 1 aromatic heterocycles. The standard InChI is InChI=1S/C22H23N3O2/c1-2-15-25-21(26)14-13-20(24-25)22(27)23-16-19(17-9-5-3-6-10-17)18-11-7-4-8-12-18/h3-14,19H,2,15-16H2,1H3,(H,23,27). The third-order valence-electron chi connectivity index (χ3n) is 4.41. The minimum absolute atomic E-state index is 0.0397. The van der Waals surface area contributed by atoms with Gasteiger partial charge in [0.2, 0.25) is 0 Å². The summed E-state index contributed by atoms with van der Waals surface area (Å²) in [4.78, 5) is 24.4. The van der Waals surface area contributed by atoms with Gasteiger partial charge in [0.05, 0.1) is 0 Å². The van der Waals surface area contributed by atoms with Crippen LogP contribution in [0, 0.1) is 0 Å². The Balaban J connectivity index is 1.79. The highest BCUT2D eigenvalue weighted by atomic mass is 16.2. The molecule has 0 unspecified atom stereocenters. The van der Waals surface area contributed by atoms with E-state index in [0.29, 0.717) is 13.1 Å². The fraction of sp³-hybridized carbons (Fsp3) is 0.227. The molecule has 3 aromatic rings. The van der Waals surface area contributed by atoms with E-state index in [2.05, 4.69) is 34.7 Å². The van der Waals surface area contributed by atoms with Crippen molar-refractivity contribution in [3.05, 3.63) is 100.0 Å². The summed E-state index contributed by atoms with van der Waals surface area (Å²) in [5, 5.41) is 7.15. The van der Waals surface area contributed by atoms with Crippen LogP contribution in [0.2, 0.25) is 0 Å². The fourth-order valence-electron chi connectivity index (χ4n) is 3.03. The summed E-state index contributed by atoms with van der Waals surface area (Å²) in [5.41, 5.74) is 2.32. The van der Waals surface area contributed by atoms with Crippen molar-refractivity contribution < 1.29 is 4.79 Å². The highest BCUT2D eigenvalue weighted by Crippen LogP contribution is 2.23. The number of aryl methyl sites for hydroxylation is 1. The Bertz CT molecular complexity index is 897. The van der Waals surface area contributed by atoms with Gasteiger partial charge in [-0.25, -0.2) is 4.68 Å². The summed E-state index contributed by atoms with van der Waals surface area (Å²) in [6.07, 6.45) is 0.780. The van der Waals surface area contributed by atoms with Crippen LogP contribution in [0.25, 0.3) is 0 Å². The summed E-state index contributed by atoms with van der Waals surface area (Å²) >= 11 is 0. The molecule has 0 spiro atoms. The summed E-state index contributed by atoms with van der Waals surface area (Å²) in [6.45, 7) is 2.91. The topological polar surface area (TPSA) is 64.0 Å². The summed E-state index contributed by atoms with van der Waals surface area (Å²) in [7, 11) is 0. The Morgan fingerprint density at radius 1 is 0.963 bits per heavy atom. The Labute approximate surface area is 158 Å². The first-order valence-corrected chi connectivity index (χ1v) is 9.15. The predicted octanol–water partition coefficient (Wildman–Crippen LogP) is 3.22. The molecule has 138 valence electrons. The smallest absolute Gasteiger partial charge is 0.271 e. The van der Waals surface area contributed by atoms with Crippen LogP contribution in [0.15, 0.2) is 77.6 Å². The zero-order valence-corrected chi connectivity index (χ0v) is 15.3. The quantitative estimate of drug-likeness (QED) is 0.703. The Kier molecular flexibility index (Phi) is 6.15. The van der Waals surface area contributed by atoms with E-state index in [1.807, 2.05) is 43.3 Å². The Hall–Kier alpha value is -3.21. The van der Waals surface area contributed by atoms with Crippen LogP contribution in [0.5, 0.6) is 0 Å². The van der Waals surface area contributed by atoms with Gasteiger partial charge in [-0.15, -0.1) is 0 Å². The van der Waals surface area contributed by atoms with Gasteiger partial charge in [-0.1, -0.05) is 67.6 Å². The molecular formula is C22H23N3O2. The SMILES string of the molecule is CCCn1nc(C(=O)NCC(c2ccccc2)c2ccccc2)ccc1=O. The van der Waals surface area contributed by atoms with Crippen LogP contribution in [-0.2, 0) is 6.54 Å². The maximum Gasteiger partial charge on any atom is 0.271 e. The van der Waals surface area contributed by atoms with Gasteiger partial charge in [0.1, 0.15) is 5.69 Å². The molecule has 1 N–H and O–H groups in total. The number of hydrogen-bond acceptors (Lipinski definition) is 3. The largest absolute Gasteiger partial charge is 0.350 e. The van der Waals surface area contributed by atoms with E-state index in [-0.39, 0.29) is 23.1 Å². The molecule has 2 aromatic carbocycles. The molecule has 0 aliphatic rings. The van der Waals surface area contributed by atoms with E-state index in [4.69, 9.17) is 0 Å². The number of rotatable bonds is 7. The molecule has 27 heavy (non-hydrogen) atoms. The highest BCUT2D eigenvalue weighted by Gasteiger charge is 2.16. The summed E-state index contributed by atoms with van der Waals surface area (Å²) in [5.74, 6) is -0.241. The lowest BCUT2D eigenvalue weighted by molar-refractivity contribution is 0.0945. The lowest BCUT2D eigenvalue weighted by Crippen LogP contribution is -2.32. The van der Waals surface area contributed by atoms with Crippen molar-refractivity contribution >= 4 is 5.91 Å². The lowest BCUT2D eigenvalue weighted by atomic mass is 9.91. The van der Waals surface area contributed by atoms with Gasteiger partial charge < -0.3 is 5.32 Å². The van der Waals surface area contributed by atoms with Crippen molar-refractivity contribution in [2.45, 2.75) is 25.8 Å².